The van der Waals surface area contributed by atoms with Crippen molar-refractivity contribution in [2.45, 2.75) is 58.9 Å². The van der Waals surface area contributed by atoms with Crippen LogP contribution in [-0.4, -0.2) is 22.6 Å². The van der Waals surface area contributed by atoms with Gasteiger partial charge in [-0.25, -0.2) is 4.98 Å². The van der Waals surface area contributed by atoms with Crippen molar-refractivity contribution in [2.24, 2.45) is 0 Å². The first-order chi connectivity index (χ1) is 9.17. The highest BCUT2D eigenvalue weighted by molar-refractivity contribution is 9.10. The highest BCUT2D eigenvalue weighted by atomic mass is 79.9. The van der Waals surface area contributed by atoms with Crippen LogP contribution in [0.2, 0.25) is 0 Å². The number of anilines is 2. The summed E-state index contributed by atoms with van der Waals surface area (Å²) < 4.78 is 0.912. The highest BCUT2D eigenvalue weighted by Crippen LogP contribution is 2.21. The standard InChI is InChI=1S/C14H25BrN4/c1-4-6-7-8-9-11(3)18-13-12(15)10-17-14(19-13)16-5-2/h10-11H,4-9H2,1-3H3,(H2,16,17,18,19). The summed E-state index contributed by atoms with van der Waals surface area (Å²) in [7, 11) is 0. The summed E-state index contributed by atoms with van der Waals surface area (Å²) in [6.45, 7) is 7.30. The van der Waals surface area contributed by atoms with Gasteiger partial charge in [0, 0.05) is 18.8 Å². The number of halogens is 1. The Labute approximate surface area is 124 Å². The van der Waals surface area contributed by atoms with Crippen LogP contribution in [0.5, 0.6) is 0 Å². The van der Waals surface area contributed by atoms with Crippen LogP contribution in [0.25, 0.3) is 0 Å². The van der Waals surface area contributed by atoms with E-state index in [9.17, 15) is 0 Å². The van der Waals surface area contributed by atoms with Crippen LogP contribution in [0, 0.1) is 0 Å². The van der Waals surface area contributed by atoms with E-state index >= 15 is 0 Å². The third kappa shape index (κ3) is 6.23. The predicted octanol–water partition coefficient (Wildman–Crippen LogP) is 4.44. The monoisotopic (exact) mass is 328 g/mol. The number of nitrogens with zero attached hydrogens (tertiary/aromatic N) is 2. The molecule has 0 spiro atoms. The minimum atomic E-state index is 0.428. The number of aromatic nitrogens is 2. The maximum absolute atomic E-state index is 4.47. The summed E-state index contributed by atoms with van der Waals surface area (Å²) in [5.41, 5.74) is 0. The van der Waals surface area contributed by atoms with Crippen molar-refractivity contribution in [1.82, 2.24) is 9.97 Å². The molecule has 1 atom stereocenters. The molecule has 1 rings (SSSR count). The fraction of sp³-hybridized carbons (Fsp3) is 0.714. The van der Waals surface area contributed by atoms with E-state index in [2.05, 4.69) is 50.4 Å². The zero-order chi connectivity index (χ0) is 14.1. The molecule has 0 aliphatic carbocycles. The van der Waals surface area contributed by atoms with E-state index in [1.807, 2.05) is 6.92 Å². The van der Waals surface area contributed by atoms with Gasteiger partial charge < -0.3 is 10.6 Å². The Morgan fingerprint density at radius 1 is 1.26 bits per heavy atom. The molecule has 19 heavy (non-hydrogen) atoms. The van der Waals surface area contributed by atoms with Gasteiger partial charge in [0.15, 0.2) is 0 Å². The van der Waals surface area contributed by atoms with Crippen LogP contribution >= 0.6 is 15.9 Å². The maximum atomic E-state index is 4.47. The molecule has 0 bridgehead atoms. The molecule has 0 saturated heterocycles. The molecule has 1 aromatic heterocycles. The third-order valence-corrected chi connectivity index (χ3v) is 3.53. The van der Waals surface area contributed by atoms with E-state index in [0.29, 0.717) is 12.0 Å². The van der Waals surface area contributed by atoms with Gasteiger partial charge in [-0.1, -0.05) is 32.6 Å². The molecule has 1 heterocycles. The average molecular weight is 329 g/mol. The Kier molecular flexibility index (Phi) is 7.79. The molecule has 108 valence electrons. The SMILES string of the molecule is CCCCCCC(C)Nc1nc(NCC)ncc1Br. The van der Waals surface area contributed by atoms with Gasteiger partial charge in [0.05, 0.1) is 4.47 Å². The zero-order valence-electron chi connectivity index (χ0n) is 12.2. The molecule has 5 heteroatoms. The van der Waals surface area contributed by atoms with Crippen LogP contribution < -0.4 is 10.6 Å². The number of hydrogen-bond acceptors (Lipinski definition) is 4. The van der Waals surface area contributed by atoms with Crippen molar-refractivity contribution in [3.05, 3.63) is 10.7 Å². The topological polar surface area (TPSA) is 49.8 Å². The van der Waals surface area contributed by atoms with E-state index in [1.54, 1.807) is 6.20 Å². The largest absolute Gasteiger partial charge is 0.367 e. The molecule has 2 N–H and O–H groups in total. The van der Waals surface area contributed by atoms with E-state index in [4.69, 9.17) is 0 Å². The third-order valence-electron chi connectivity index (χ3n) is 2.95. The first-order valence-corrected chi connectivity index (χ1v) is 7.99. The van der Waals surface area contributed by atoms with Gasteiger partial charge in [-0.2, -0.15) is 4.98 Å². The molecule has 1 aromatic rings. The molecule has 0 aliphatic heterocycles. The molecule has 0 radical (unpaired) electrons. The van der Waals surface area contributed by atoms with E-state index in [0.717, 1.165) is 16.8 Å². The second-order valence-corrected chi connectivity index (χ2v) is 5.67. The summed E-state index contributed by atoms with van der Waals surface area (Å²) >= 11 is 3.49. The molecule has 0 aliphatic rings. The van der Waals surface area contributed by atoms with Gasteiger partial charge in [0.2, 0.25) is 5.95 Å². The fourth-order valence-electron chi connectivity index (χ4n) is 1.89. The molecular formula is C14H25BrN4. The number of unbranched alkanes of at least 4 members (excludes halogenated alkanes) is 3. The normalized spacial score (nSPS) is 12.2. The Morgan fingerprint density at radius 3 is 2.74 bits per heavy atom. The van der Waals surface area contributed by atoms with Crippen molar-refractivity contribution in [3.63, 3.8) is 0 Å². The van der Waals surface area contributed by atoms with E-state index < -0.39 is 0 Å². The quantitative estimate of drug-likeness (QED) is 0.658. The first-order valence-electron chi connectivity index (χ1n) is 7.20. The summed E-state index contributed by atoms with van der Waals surface area (Å²) in [4.78, 5) is 8.68. The second-order valence-electron chi connectivity index (χ2n) is 4.82. The lowest BCUT2D eigenvalue weighted by Crippen LogP contribution is -2.17. The lowest BCUT2D eigenvalue weighted by Gasteiger charge is -2.16. The van der Waals surface area contributed by atoms with Gasteiger partial charge in [-0.05, 0) is 36.2 Å². The minimum absolute atomic E-state index is 0.428. The average Bonchev–Trinajstić information content (AvgIpc) is 2.39. The summed E-state index contributed by atoms with van der Waals surface area (Å²) in [6, 6.07) is 0.428. The number of hydrogen-bond donors (Lipinski definition) is 2. The smallest absolute Gasteiger partial charge is 0.224 e. The Balaban J connectivity index is 2.48. The van der Waals surface area contributed by atoms with Crippen molar-refractivity contribution >= 4 is 27.7 Å². The van der Waals surface area contributed by atoms with Crippen molar-refractivity contribution in [1.29, 1.82) is 0 Å². The lowest BCUT2D eigenvalue weighted by atomic mass is 10.1. The molecule has 0 aromatic carbocycles. The van der Waals surface area contributed by atoms with E-state index in [-0.39, 0.29) is 0 Å². The Morgan fingerprint density at radius 2 is 2.05 bits per heavy atom. The first kappa shape index (κ1) is 16.2. The molecule has 0 saturated carbocycles. The number of nitrogens with one attached hydrogen (secondary N) is 2. The van der Waals surface area contributed by atoms with E-state index in [1.165, 1.54) is 32.1 Å². The van der Waals surface area contributed by atoms with Crippen molar-refractivity contribution < 1.29 is 0 Å². The van der Waals surface area contributed by atoms with Crippen molar-refractivity contribution in [3.8, 4) is 0 Å². The Bertz CT molecular complexity index is 370. The molecular weight excluding hydrogens is 304 g/mol. The molecule has 4 nitrogen and oxygen atoms in total. The fourth-order valence-corrected chi connectivity index (χ4v) is 2.20. The molecule has 1 unspecified atom stereocenters. The number of rotatable bonds is 9. The van der Waals surface area contributed by atoms with Gasteiger partial charge in [0.25, 0.3) is 0 Å². The van der Waals surface area contributed by atoms with Gasteiger partial charge in [-0.3, -0.25) is 0 Å². The molecule has 0 amide bonds. The minimum Gasteiger partial charge on any atom is -0.367 e. The van der Waals surface area contributed by atoms with Crippen LogP contribution in [0.3, 0.4) is 0 Å². The maximum Gasteiger partial charge on any atom is 0.224 e. The lowest BCUT2D eigenvalue weighted by molar-refractivity contribution is 0.593. The summed E-state index contributed by atoms with van der Waals surface area (Å²) in [5, 5.41) is 6.57. The Hall–Kier alpha value is -0.840. The van der Waals surface area contributed by atoms with Crippen LogP contribution in [0.4, 0.5) is 11.8 Å². The van der Waals surface area contributed by atoms with Gasteiger partial charge in [-0.15, -0.1) is 0 Å². The second kappa shape index (κ2) is 9.13. The van der Waals surface area contributed by atoms with Crippen LogP contribution in [0.1, 0.15) is 52.9 Å². The van der Waals surface area contributed by atoms with Crippen LogP contribution in [-0.2, 0) is 0 Å². The van der Waals surface area contributed by atoms with Gasteiger partial charge >= 0.3 is 0 Å². The predicted molar refractivity (Wildman–Crippen MR) is 85.7 cm³/mol. The molecule has 0 fully saturated rings. The van der Waals surface area contributed by atoms with Crippen LogP contribution in [0.15, 0.2) is 10.7 Å². The van der Waals surface area contributed by atoms with Crippen molar-refractivity contribution in [2.75, 3.05) is 17.2 Å². The summed E-state index contributed by atoms with van der Waals surface area (Å²) in [5.74, 6) is 1.54. The highest BCUT2D eigenvalue weighted by Gasteiger charge is 2.08. The summed E-state index contributed by atoms with van der Waals surface area (Å²) in [6.07, 6.45) is 8.16. The van der Waals surface area contributed by atoms with Gasteiger partial charge in [0.1, 0.15) is 5.82 Å². The zero-order valence-corrected chi connectivity index (χ0v) is 13.8.